The van der Waals surface area contributed by atoms with Crippen LogP contribution in [0.3, 0.4) is 0 Å². The molecule has 2 aromatic rings. The summed E-state index contributed by atoms with van der Waals surface area (Å²) in [7, 11) is 1.71. The molecule has 8 heteroatoms. The number of amides is 3. The largest absolute Gasteiger partial charge is 0.325 e. The Balaban J connectivity index is 1.48. The smallest absolute Gasteiger partial charge is 0.250 e. The molecule has 1 aliphatic heterocycles. The Morgan fingerprint density at radius 3 is 2.61 bits per heavy atom. The van der Waals surface area contributed by atoms with Crippen molar-refractivity contribution in [2.24, 2.45) is 0 Å². The lowest BCUT2D eigenvalue weighted by atomic mass is 9.89. The van der Waals surface area contributed by atoms with Crippen molar-refractivity contribution >= 4 is 46.4 Å². The van der Waals surface area contributed by atoms with Gasteiger partial charge >= 0.3 is 0 Å². The summed E-state index contributed by atoms with van der Waals surface area (Å²) in [6.45, 7) is 0.0548. The van der Waals surface area contributed by atoms with Gasteiger partial charge < -0.3 is 10.6 Å². The van der Waals surface area contributed by atoms with E-state index in [1.54, 1.807) is 47.2 Å². The van der Waals surface area contributed by atoms with Crippen molar-refractivity contribution in [3.05, 3.63) is 53.6 Å². The number of hydrogen-bond acceptors (Lipinski definition) is 4. The van der Waals surface area contributed by atoms with Crippen LogP contribution in [0.4, 0.5) is 17.1 Å². The number of fused-ring (bicyclic) bond motifs is 1. The number of nitrogens with one attached hydrogen (secondary N) is 2. The third-order valence-corrected chi connectivity index (χ3v) is 6.09. The third-order valence-electron chi connectivity index (χ3n) is 5.85. The van der Waals surface area contributed by atoms with Crippen molar-refractivity contribution in [1.29, 1.82) is 0 Å². The zero-order valence-corrected chi connectivity index (χ0v) is 18.1. The van der Waals surface area contributed by atoms with Gasteiger partial charge in [-0.15, -0.1) is 0 Å². The molecule has 4 rings (SSSR count). The van der Waals surface area contributed by atoms with E-state index >= 15 is 0 Å². The Bertz CT molecular complexity index is 1020. The van der Waals surface area contributed by atoms with E-state index in [0.29, 0.717) is 34.9 Å². The van der Waals surface area contributed by atoms with Crippen LogP contribution in [0.5, 0.6) is 0 Å². The van der Waals surface area contributed by atoms with E-state index in [1.165, 1.54) is 0 Å². The van der Waals surface area contributed by atoms with Crippen LogP contribution in [0.2, 0.25) is 5.02 Å². The summed E-state index contributed by atoms with van der Waals surface area (Å²) in [5.74, 6) is -0.564. The molecule has 1 aliphatic carbocycles. The third kappa shape index (κ3) is 4.29. The van der Waals surface area contributed by atoms with Crippen LogP contribution in [0, 0.1) is 0 Å². The van der Waals surface area contributed by atoms with E-state index < -0.39 is 5.54 Å². The maximum absolute atomic E-state index is 13.4. The fourth-order valence-corrected chi connectivity index (χ4v) is 4.69. The normalized spacial score (nSPS) is 16.9. The van der Waals surface area contributed by atoms with Crippen molar-refractivity contribution in [3.8, 4) is 0 Å². The van der Waals surface area contributed by atoms with E-state index in [9.17, 15) is 14.4 Å². The zero-order chi connectivity index (χ0) is 22.0. The fourth-order valence-electron chi connectivity index (χ4n) is 4.50. The van der Waals surface area contributed by atoms with Gasteiger partial charge in [0.15, 0.2) is 0 Å². The molecular weight excluding hydrogens is 416 g/mol. The van der Waals surface area contributed by atoms with Crippen LogP contribution in [0.1, 0.15) is 25.7 Å². The average molecular weight is 441 g/mol. The van der Waals surface area contributed by atoms with E-state index in [0.717, 1.165) is 12.8 Å². The highest BCUT2D eigenvalue weighted by Crippen LogP contribution is 2.45. The first-order valence-electron chi connectivity index (χ1n) is 10.4. The Labute approximate surface area is 186 Å². The SMILES string of the molecule is CN(CC(=O)Nc1cccc(Cl)c1)CC(=O)N1c2ccccc2NC(=O)C12CCCC2. The van der Waals surface area contributed by atoms with Crippen LogP contribution in [-0.4, -0.2) is 48.3 Å². The van der Waals surface area contributed by atoms with E-state index in [-0.39, 0.29) is 30.8 Å². The first-order valence-corrected chi connectivity index (χ1v) is 10.7. The number of anilines is 3. The number of carbonyl (C=O) groups excluding carboxylic acids is 3. The van der Waals surface area contributed by atoms with Crippen molar-refractivity contribution < 1.29 is 14.4 Å². The number of benzene rings is 2. The van der Waals surface area contributed by atoms with Crippen LogP contribution >= 0.6 is 11.6 Å². The highest BCUT2D eigenvalue weighted by molar-refractivity contribution is 6.30. The molecule has 7 nitrogen and oxygen atoms in total. The molecule has 162 valence electrons. The van der Waals surface area contributed by atoms with Crippen LogP contribution in [-0.2, 0) is 14.4 Å². The first-order chi connectivity index (χ1) is 14.9. The number of para-hydroxylation sites is 2. The standard InChI is InChI=1S/C23H25ClN4O3/c1-27(14-20(29)25-17-8-6-7-16(24)13-17)15-21(30)28-19-10-3-2-9-18(19)26-22(31)23(28)11-4-5-12-23/h2-3,6-10,13H,4-5,11-12,14-15H2,1H3,(H,25,29)(H,26,31). The second kappa shape index (κ2) is 8.69. The molecule has 0 unspecified atom stereocenters. The molecular formula is C23H25ClN4O3. The molecule has 0 bridgehead atoms. The van der Waals surface area contributed by atoms with Crippen LogP contribution in [0.15, 0.2) is 48.5 Å². The minimum atomic E-state index is -0.852. The fraction of sp³-hybridized carbons (Fsp3) is 0.348. The van der Waals surface area contributed by atoms with Crippen molar-refractivity contribution in [3.63, 3.8) is 0 Å². The topological polar surface area (TPSA) is 81.8 Å². The summed E-state index contributed by atoms with van der Waals surface area (Å²) in [6.07, 6.45) is 3.07. The minimum absolute atomic E-state index is 0.0202. The maximum Gasteiger partial charge on any atom is 0.250 e. The lowest BCUT2D eigenvalue weighted by molar-refractivity contribution is -0.128. The van der Waals surface area contributed by atoms with Gasteiger partial charge in [0.2, 0.25) is 11.8 Å². The van der Waals surface area contributed by atoms with Gasteiger partial charge in [-0.05, 0) is 50.2 Å². The molecule has 2 N–H and O–H groups in total. The molecule has 3 amide bonds. The van der Waals surface area contributed by atoms with Gasteiger partial charge in [-0.1, -0.05) is 42.6 Å². The van der Waals surface area contributed by atoms with E-state index in [4.69, 9.17) is 11.6 Å². The Morgan fingerprint density at radius 2 is 1.87 bits per heavy atom. The Kier molecular flexibility index (Phi) is 5.98. The number of likely N-dealkylation sites (N-methyl/N-ethyl adjacent to an activating group) is 1. The number of nitrogens with zero attached hydrogens (tertiary/aromatic N) is 2. The average Bonchev–Trinajstić information content (AvgIpc) is 3.19. The van der Waals surface area contributed by atoms with Gasteiger partial charge in [-0.2, -0.15) is 0 Å². The maximum atomic E-state index is 13.4. The first kappa shape index (κ1) is 21.3. The molecule has 0 atom stereocenters. The Hall–Kier alpha value is -2.90. The van der Waals surface area contributed by atoms with Crippen molar-refractivity contribution in [1.82, 2.24) is 4.90 Å². The highest BCUT2D eigenvalue weighted by atomic mass is 35.5. The van der Waals surface area contributed by atoms with Gasteiger partial charge in [0.25, 0.3) is 5.91 Å². The molecule has 1 fully saturated rings. The molecule has 0 saturated heterocycles. The summed E-state index contributed by atoms with van der Waals surface area (Å²) >= 11 is 5.96. The number of halogens is 1. The molecule has 1 heterocycles. The van der Waals surface area contributed by atoms with Gasteiger partial charge in [0, 0.05) is 10.7 Å². The van der Waals surface area contributed by atoms with Gasteiger partial charge in [-0.3, -0.25) is 24.2 Å². The summed E-state index contributed by atoms with van der Waals surface area (Å²) in [5.41, 5.74) is 1.10. The lowest BCUT2D eigenvalue weighted by Crippen LogP contribution is -2.62. The van der Waals surface area contributed by atoms with Gasteiger partial charge in [0.1, 0.15) is 5.54 Å². The molecule has 31 heavy (non-hydrogen) atoms. The van der Waals surface area contributed by atoms with Crippen molar-refractivity contribution in [2.45, 2.75) is 31.2 Å². The zero-order valence-electron chi connectivity index (χ0n) is 17.4. The van der Waals surface area contributed by atoms with Crippen LogP contribution < -0.4 is 15.5 Å². The summed E-state index contributed by atoms with van der Waals surface area (Å²) < 4.78 is 0. The van der Waals surface area contributed by atoms with E-state index in [1.807, 2.05) is 18.2 Å². The van der Waals surface area contributed by atoms with E-state index in [2.05, 4.69) is 10.6 Å². The van der Waals surface area contributed by atoms with Gasteiger partial charge in [0.05, 0.1) is 24.5 Å². The number of rotatable bonds is 5. The molecule has 0 aromatic heterocycles. The minimum Gasteiger partial charge on any atom is -0.325 e. The number of hydrogen-bond donors (Lipinski definition) is 2. The second-order valence-corrected chi connectivity index (χ2v) is 8.61. The Morgan fingerprint density at radius 1 is 1.13 bits per heavy atom. The second-order valence-electron chi connectivity index (χ2n) is 8.17. The molecule has 1 spiro atoms. The molecule has 1 saturated carbocycles. The predicted molar refractivity (Wildman–Crippen MR) is 121 cm³/mol. The van der Waals surface area contributed by atoms with Crippen LogP contribution in [0.25, 0.3) is 0 Å². The molecule has 0 radical (unpaired) electrons. The number of carbonyl (C=O) groups is 3. The monoisotopic (exact) mass is 440 g/mol. The van der Waals surface area contributed by atoms with Crippen molar-refractivity contribution in [2.75, 3.05) is 35.7 Å². The summed E-state index contributed by atoms with van der Waals surface area (Å²) in [6, 6.07) is 14.3. The summed E-state index contributed by atoms with van der Waals surface area (Å²) in [5, 5.41) is 6.29. The quantitative estimate of drug-likeness (QED) is 0.745. The van der Waals surface area contributed by atoms with Gasteiger partial charge in [-0.25, -0.2) is 0 Å². The molecule has 2 aliphatic rings. The molecule has 2 aromatic carbocycles. The lowest BCUT2D eigenvalue weighted by Gasteiger charge is -2.44. The highest BCUT2D eigenvalue weighted by Gasteiger charge is 2.52. The summed E-state index contributed by atoms with van der Waals surface area (Å²) in [4.78, 5) is 42.1. The predicted octanol–water partition coefficient (Wildman–Crippen LogP) is 3.51.